The van der Waals surface area contributed by atoms with Crippen molar-refractivity contribution in [2.75, 3.05) is 19.7 Å². The molecule has 0 saturated carbocycles. The molecule has 7 nitrogen and oxygen atoms in total. The second kappa shape index (κ2) is 11.1. The molecule has 1 aliphatic heterocycles. The fourth-order valence-electron chi connectivity index (χ4n) is 3.31. The lowest BCUT2D eigenvalue weighted by Crippen LogP contribution is -2.46. The van der Waals surface area contributed by atoms with E-state index in [2.05, 4.69) is 5.32 Å². The maximum absolute atomic E-state index is 13.7. The predicted octanol–water partition coefficient (Wildman–Crippen LogP) is 3.80. The van der Waals surface area contributed by atoms with Gasteiger partial charge in [-0.25, -0.2) is 9.18 Å². The average Bonchev–Trinajstić information content (AvgIpc) is 2.79. The SMILES string of the molecule is CCOC(=O)Oc1ccc(C(=O)NC2CCN(C(=O)/C=C/c3ccccc3F)CC2)cc1. The van der Waals surface area contributed by atoms with Crippen molar-refractivity contribution in [3.63, 3.8) is 0 Å². The van der Waals surface area contributed by atoms with E-state index < -0.39 is 6.16 Å². The number of hydrogen-bond acceptors (Lipinski definition) is 5. The minimum Gasteiger partial charge on any atom is -0.434 e. The summed E-state index contributed by atoms with van der Waals surface area (Å²) in [4.78, 5) is 37.9. The van der Waals surface area contributed by atoms with Gasteiger partial charge in [0.15, 0.2) is 0 Å². The van der Waals surface area contributed by atoms with Crippen LogP contribution in [-0.4, -0.2) is 48.6 Å². The van der Waals surface area contributed by atoms with E-state index in [4.69, 9.17) is 9.47 Å². The van der Waals surface area contributed by atoms with Gasteiger partial charge in [-0.15, -0.1) is 0 Å². The Morgan fingerprint density at radius 2 is 1.78 bits per heavy atom. The number of benzene rings is 2. The van der Waals surface area contributed by atoms with Crippen LogP contribution in [0.4, 0.5) is 9.18 Å². The van der Waals surface area contributed by atoms with E-state index in [-0.39, 0.29) is 36.0 Å². The van der Waals surface area contributed by atoms with Gasteiger partial charge in [0.2, 0.25) is 5.91 Å². The summed E-state index contributed by atoms with van der Waals surface area (Å²) in [5, 5.41) is 2.96. The third kappa shape index (κ3) is 6.41. The molecule has 0 atom stereocenters. The molecule has 2 amide bonds. The number of rotatable bonds is 6. The van der Waals surface area contributed by atoms with Crippen molar-refractivity contribution >= 4 is 24.0 Å². The van der Waals surface area contributed by atoms with Crippen LogP contribution < -0.4 is 10.1 Å². The van der Waals surface area contributed by atoms with Crippen molar-refractivity contribution in [1.82, 2.24) is 10.2 Å². The smallest absolute Gasteiger partial charge is 0.434 e. The summed E-state index contributed by atoms with van der Waals surface area (Å²) in [5.74, 6) is -0.513. The molecule has 8 heteroatoms. The fraction of sp³-hybridized carbons (Fsp3) is 0.292. The van der Waals surface area contributed by atoms with E-state index in [9.17, 15) is 18.8 Å². The van der Waals surface area contributed by atoms with Crippen molar-refractivity contribution in [1.29, 1.82) is 0 Å². The molecule has 1 heterocycles. The first kappa shape index (κ1) is 23.0. The molecule has 0 bridgehead atoms. The van der Waals surface area contributed by atoms with Gasteiger partial charge in [0.25, 0.3) is 5.91 Å². The zero-order valence-corrected chi connectivity index (χ0v) is 17.8. The van der Waals surface area contributed by atoms with Gasteiger partial charge in [0, 0.05) is 36.3 Å². The molecule has 2 aromatic carbocycles. The topological polar surface area (TPSA) is 84.9 Å². The number of hydrogen-bond donors (Lipinski definition) is 1. The Bertz CT molecular complexity index is 982. The molecule has 1 aliphatic rings. The quantitative estimate of drug-likeness (QED) is 0.420. The van der Waals surface area contributed by atoms with Crippen LogP contribution in [-0.2, 0) is 9.53 Å². The van der Waals surface area contributed by atoms with Crippen molar-refractivity contribution in [3.05, 3.63) is 71.6 Å². The molecule has 1 fully saturated rings. The monoisotopic (exact) mass is 440 g/mol. The Hall–Kier alpha value is -3.68. The second-order valence-electron chi connectivity index (χ2n) is 7.24. The molecular formula is C24H25FN2O5. The first-order chi connectivity index (χ1) is 15.5. The lowest BCUT2D eigenvalue weighted by Gasteiger charge is -2.31. The summed E-state index contributed by atoms with van der Waals surface area (Å²) < 4.78 is 23.3. The highest BCUT2D eigenvalue weighted by Crippen LogP contribution is 2.16. The molecule has 0 unspecified atom stereocenters. The van der Waals surface area contributed by atoms with Crippen LogP contribution >= 0.6 is 0 Å². The van der Waals surface area contributed by atoms with E-state index >= 15 is 0 Å². The van der Waals surface area contributed by atoms with Crippen LogP contribution in [0, 0.1) is 5.82 Å². The van der Waals surface area contributed by atoms with Gasteiger partial charge < -0.3 is 19.7 Å². The van der Waals surface area contributed by atoms with Crippen molar-refractivity contribution in [3.8, 4) is 5.75 Å². The van der Waals surface area contributed by atoms with Gasteiger partial charge in [-0.1, -0.05) is 18.2 Å². The van der Waals surface area contributed by atoms with Gasteiger partial charge in [-0.05, 0) is 56.2 Å². The summed E-state index contributed by atoms with van der Waals surface area (Å²) in [5.41, 5.74) is 0.800. The molecule has 32 heavy (non-hydrogen) atoms. The first-order valence-electron chi connectivity index (χ1n) is 10.4. The molecule has 3 rings (SSSR count). The van der Waals surface area contributed by atoms with Gasteiger partial charge in [0.1, 0.15) is 11.6 Å². The highest BCUT2D eigenvalue weighted by molar-refractivity contribution is 5.94. The summed E-state index contributed by atoms with van der Waals surface area (Å²) in [6, 6.07) is 12.4. The Labute approximate surface area is 185 Å². The minimum atomic E-state index is -0.797. The Balaban J connectivity index is 1.46. The van der Waals surface area contributed by atoms with Crippen LogP contribution in [0.15, 0.2) is 54.6 Å². The van der Waals surface area contributed by atoms with Crippen molar-refractivity contribution < 1.29 is 28.2 Å². The van der Waals surface area contributed by atoms with Gasteiger partial charge in [-0.2, -0.15) is 0 Å². The number of nitrogens with one attached hydrogen (secondary N) is 1. The molecule has 0 aliphatic carbocycles. The maximum Gasteiger partial charge on any atom is 0.513 e. The summed E-state index contributed by atoms with van der Waals surface area (Å²) >= 11 is 0. The number of halogens is 1. The Morgan fingerprint density at radius 3 is 2.44 bits per heavy atom. The summed E-state index contributed by atoms with van der Waals surface area (Å²) in [6.45, 7) is 2.89. The molecule has 1 saturated heterocycles. The number of carbonyl (C=O) groups is 3. The van der Waals surface area contributed by atoms with Crippen molar-refractivity contribution in [2.24, 2.45) is 0 Å². The van der Waals surface area contributed by atoms with Gasteiger partial charge >= 0.3 is 6.16 Å². The normalized spacial score (nSPS) is 14.2. The van der Waals surface area contributed by atoms with E-state index in [0.717, 1.165) is 0 Å². The number of amides is 2. The van der Waals surface area contributed by atoms with Crippen LogP contribution in [0.1, 0.15) is 35.7 Å². The molecule has 0 spiro atoms. The number of ether oxygens (including phenoxy) is 2. The zero-order valence-electron chi connectivity index (χ0n) is 17.8. The number of nitrogens with zero attached hydrogens (tertiary/aromatic N) is 1. The Kier molecular flexibility index (Phi) is 7.96. The number of likely N-dealkylation sites (tertiary alicyclic amines) is 1. The van der Waals surface area contributed by atoms with E-state index in [0.29, 0.717) is 37.1 Å². The average molecular weight is 440 g/mol. The number of piperidine rings is 1. The highest BCUT2D eigenvalue weighted by Gasteiger charge is 2.23. The minimum absolute atomic E-state index is 0.0578. The van der Waals surface area contributed by atoms with Crippen LogP contribution in [0.3, 0.4) is 0 Å². The maximum atomic E-state index is 13.7. The van der Waals surface area contributed by atoms with E-state index in [1.54, 1.807) is 42.2 Å². The lowest BCUT2D eigenvalue weighted by atomic mass is 10.0. The molecule has 0 aromatic heterocycles. The number of carbonyl (C=O) groups excluding carboxylic acids is 3. The van der Waals surface area contributed by atoms with Crippen LogP contribution in [0.5, 0.6) is 5.75 Å². The van der Waals surface area contributed by atoms with Crippen LogP contribution in [0.2, 0.25) is 0 Å². The molecule has 168 valence electrons. The van der Waals surface area contributed by atoms with Crippen molar-refractivity contribution in [2.45, 2.75) is 25.8 Å². The molecule has 0 radical (unpaired) electrons. The summed E-state index contributed by atoms with van der Waals surface area (Å²) in [6.07, 6.45) is 3.29. The molecular weight excluding hydrogens is 415 g/mol. The summed E-state index contributed by atoms with van der Waals surface area (Å²) in [7, 11) is 0. The molecule has 2 aromatic rings. The van der Waals surface area contributed by atoms with Crippen LogP contribution in [0.25, 0.3) is 6.08 Å². The fourth-order valence-corrected chi connectivity index (χ4v) is 3.31. The molecule has 1 N–H and O–H groups in total. The Morgan fingerprint density at radius 1 is 1.09 bits per heavy atom. The highest BCUT2D eigenvalue weighted by atomic mass is 19.1. The van der Waals surface area contributed by atoms with E-state index in [1.807, 2.05) is 0 Å². The van der Waals surface area contributed by atoms with Gasteiger partial charge in [0.05, 0.1) is 6.61 Å². The zero-order chi connectivity index (χ0) is 22.9. The van der Waals surface area contributed by atoms with E-state index in [1.165, 1.54) is 30.4 Å². The second-order valence-corrected chi connectivity index (χ2v) is 7.24. The third-order valence-electron chi connectivity index (χ3n) is 5.03. The first-order valence-corrected chi connectivity index (χ1v) is 10.4. The third-order valence-corrected chi connectivity index (χ3v) is 5.03. The lowest BCUT2D eigenvalue weighted by molar-refractivity contribution is -0.127. The predicted molar refractivity (Wildman–Crippen MR) is 117 cm³/mol. The largest absolute Gasteiger partial charge is 0.513 e. The standard InChI is InChI=1S/C24H25FN2O5/c1-2-31-24(30)32-20-10-7-18(8-11-20)23(29)26-19-13-15-27(16-14-19)22(28)12-9-17-5-3-4-6-21(17)25/h3-12,19H,2,13-16H2,1H3,(H,26,29)/b12-9+. The van der Waals surface area contributed by atoms with Gasteiger partial charge in [-0.3, -0.25) is 9.59 Å².